The van der Waals surface area contributed by atoms with Gasteiger partial charge in [-0.25, -0.2) is 4.79 Å². The average molecular weight is 286 g/mol. The van der Waals surface area contributed by atoms with E-state index in [1.54, 1.807) is 11.8 Å². The molecule has 20 heavy (non-hydrogen) atoms. The third kappa shape index (κ3) is 5.77. The van der Waals surface area contributed by atoms with E-state index < -0.39 is 11.6 Å². The van der Waals surface area contributed by atoms with Gasteiger partial charge in [-0.05, 0) is 32.6 Å². The summed E-state index contributed by atoms with van der Waals surface area (Å²) < 4.78 is 0. The lowest BCUT2D eigenvalue weighted by molar-refractivity contribution is -0.137. The van der Waals surface area contributed by atoms with Crippen LogP contribution in [0.25, 0.3) is 0 Å². The number of rotatable bonds is 5. The highest BCUT2D eigenvalue weighted by atomic mass is 16.4. The summed E-state index contributed by atoms with van der Waals surface area (Å²) in [6.45, 7) is 4.86. The van der Waals surface area contributed by atoms with E-state index in [0.29, 0.717) is 32.4 Å². The Balaban J connectivity index is 2.53. The standard InChI is InChI=1S/C14H26N2O4/c1-3-5-11(10-12(17)18)15-13(19)16-8-4-6-14(2,20)7-9-16/h11,20H,3-10H2,1-2H3,(H,15,19)(H,17,18). The molecule has 2 unspecified atom stereocenters. The topological polar surface area (TPSA) is 89.9 Å². The first kappa shape index (κ1) is 16.8. The van der Waals surface area contributed by atoms with Crippen LogP contribution in [0.5, 0.6) is 0 Å². The number of carbonyl (C=O) groups is 2. The van der Waals surface area contributed by atoms with Crippen LogP contribution in [-0.2, 0) is 4.79 Å². The van der Waals surface area contributed by atoms with Gasteiger partial charge >= 0.3 is 12.0 Å². The highest BCUT2D eigenvalue weighted by Gasteiger charge is 2.28. The lowest BCUT2D eigenvalue weighted by Crippen LogP contribution is -2.46. The SMILES string of the molecule is CCCC(CC(=O)O)NC(=O)N1CCCC(C)(O)CC1. The van der Waals surface area contributed by atoms with Crippen molar-refractivity contribution in [1.29, 1.82) is 0 Å². The number of carbonyl (C=O) groups excluding carboxylic acids is 1. The van der Waals surface area contributed by atoms with Crippen LogP contribution in [0.1, 0.15) is 52.4 Å². The molecule has 6 nitrogen and oxygen atoms in total. The molecule has 0 aliphatic carbocycles. The highest BCUT2D eigenvalue weighted by Crippen LogP contribution is 2.21. The predicted molar refractivity (Wildman–Crippen MR) is 75.5 cm³/mol. The summed E-state index contributed by atoms with van der Waals surface area (Å²) >= 11 is 0. The van der Waals surface area contributed by atoms with E-state index in [1.165, 1.54) is 0 Å². The van der Waals surface area contributed by atoms with Gasteiger partial charge in [0.1, 0.15) is 0 Å². The van der Waals surface area contributed by atoms with Crippen molar-refractivity contribution in [2.75, 3.05) is 13.1 Å². The molecule has 116 valence electrons. The van der Waals surface area contributed by atoms with Crippen molar-refractivity contribution in [2.24, 2.45) is 0 Å². The second kappa shape index (κ2) is 7.47. The summed E-state index contributed by atoms with van der Waals surface area (Å²) in [4.78, 5) is 24.6. The molecule has 1 aliphatic rings. The minimum Gasteiger partial charge on any atom is -0.481 e. The molecule has 0 spiro atoms. The maximum absolute atomic E-state index is 12.2. The molecule has 2 atom stereocenters. The van der Waals surface area contributed by atoms with Crippen LogP contribution in [0, 0.1) is 0 Å². The summed E-state index contributed by atoms with van der Waals surface area (Å²) in [5, 5.41) is 21.7. The molecular weight excluding hydrogens is 260 g/mol. The maximum Gasteiger partial charge on any atom is 0.317 e. The number of carboxylic acid groups (broad SMARTS) is 1. The van der Waals surface area contributed by atoms with E-state index >= 15 is 0 Å². The normalized spacial score (nSPS) is 24.9. The molecule has 0 aromatic heterocycles. The Morgan fingerprint density at radius 3 is 2.65 bits per heavy atom. The fourth-order valence-corrected chi connectivity index (χ4v) is 2.52. The number of aliphatic carboxylic acids is 1. The number of amides is 2. The van der Waals surface area contributed by atoms with Gasteiger partial charge in [0.05, 0.1) is 12.0 Å². The van der Waals surface area contributed by atoms with Gasteiger partial charge in [-0.1, -0.05) is 13.3 Å². The second-order valence-corrected chi connectivity index (χ2v) is 5.87. The van der Waals surface area contributed by atoms with E-state index in [9.17, 15) is 14.7 Å². The Morgan fingerprint density at radius 2 is 2.05 bits per heavy atom. The van der Waals surface area contributed by atoms with Crippen LogP contribution in [0.15, 0.2) is 0 Å². The van der Waals surface area contributed by atoms with Gasteiger partial charge in [-0.2, -0.15) is 0 Å². The zero-order valence-electron chi connectivity index (χ0n) is 12.4. The molecule has 1 saturated heterocycles. The Labute approximate surface area is 120 Å². The zero-order valence-corrected chi connectivity index (χ0v) is 12.4. The second-order valence-electron chi connectivity index (χ2n) is 5.87. The summed E-state index contributed by atoms with van der Waals surface area (Å²) in [5.74, 6) is -0.900. The van der Waals surface area contributed by atoms with E-state index in [0.717, 1.165) is 12.8 Å². The number of nitrogens with one attached hydrogen (secondary N) is 1. The summed E-state index contributed by atoms with van der Waals surface area (Å²) in [7, 11) is 0. The van der Waals surface area contributed by atoms with Gasteiger partial charge in [0.2, 0.25) is 0 Å². The smallest absolute Gasteiger partial charge is 0.317 e. The molecular formula is C14H26N2O4. The van der Waals surface area contributed by atoms with Crippen molar-refractivity contribution >= 4 is 12.0 Å². The fraction of sp³-hybridized carbons (Fsp3) is 0.857. The van der Waals surface area contributed by atoms with Crippen LogP contribution in [0.4, 0.5) is 4.79 Å². The molecule has 0 saturated carbocycles. The number of nitrogens with zero attached hydrogens (tertiary/aromatic N) is 1. The first-order valence-corrected chi connectivity index (χ1v) is 7.33. The van der Waals surface area contributed by atoms with Crippen LogP contribution < -0.4 is 5.32 Å². The zero-order chi connectivity index (χ0) is 15.2. The summed E-state index contributed by atoms with van der Waals surface area (Å²) in [6.07, 6.45) is 3.43. The Morgan fingerprint density at radius 1 is 1.35 bits per heavy atom. The number of hydrogen-bond acceptors (Lipinski definition) is 3. The van der Waals surface area contributed by atoms with Crippen molar-refractivity contribution in [1.82, 2.24) is 10.2 Å². The molecule has 0 aromatic carbocycles. The third-order valence-electron chi connectivity index (χ3n) is 3.74. The minimum atomic E-state index is -0.900. The molecule has 0 radical (unpaired) electrons. The van der Waals surface area contributed by atoms with E-state index in [4.69, 9.17) is 5.11 Å². The molecule has 0 aromatic rings. The monoisotopic (exact) mass is 286 g/mol. The summed E-state index contributed by atoms with van der Waals surface area (Å²) in [6, 6.07) is -0.545. The maximum atomic E-state index is 12.2. The predicted octanol–water partition coefficient (Wildman–Crippen LogP) is 1.58. The molecule has 0 bridgehead atoms. The van der Waals surface area contributed by atoms with E-state index in [1.807, 2.05) is 6.92 Å². The van der Waals surface area contributed by atoms with Gasteiger partial charge in [0.25, 0.3) is 0 Å². The Kier molecular flexibility index (Phi) is 6.26. The molecule has 1 rings (SSSR count). The lowest BCUT2D eigenvalue weighted by Gasteiger charge is -2.25. The highest BCUT2D eigenvalue weighted by molar-refractivity contribution is 5.76. The van der Waals surface area contributed by atoms with Crippen LogP contribution in [0.3, 0.4) is 0 Å². The Bertz CT molecular complexity index is 344. The average Bonchev–Trinajstić information content (AvgIpc) is 2.49. The number of carboxylic acids is 1. The van der Waals surface area contributed by atoms with Crippen LogP contribution in [-0.4, -0.2) is 51.8 Å². The van der Waals surface area contributed by atoms with Crippen molar-refractivity contribution in [3.8, 4) is 0 Å². The molecule has 3 N–H and O–H groups in total. The van der Waals surface area contributed by atoms with Gasteiger partial charge in [-0.15, -0.1) is 0 Å². The van der Waals surface area contributed by atoms with Crippen molar-refractivity contribution in [3.05, 3.63) is 0 Å². The minimum absolute atomic E-state index is 0.0505. The molecule has 1 heterocycles. The molecule has 1 aliphatic heterocycles. The molecule has 1 fully saturated rings. The van der Waals surface area contributed by atoms with Gasteiger partial charge in [0, 0.05) is 19.1 Å². The number of urea groups is 1. The largest absolute Gasteiger partial charge is 0.481 e. The van der Waals surface area contributed by atoms with Gasteiger partial charge < -0.3 is 20.4 Å². The summed E-state index contributed by atoms with van der Waals surface area (Å²) in [5.41, 5.74) is -0.709. The van der Waals surface area contributed by atoms with E-state index in [2.05, 4.69) is 5.32 Å². The lowest BCUT2D eigenvalue weighted by atomic mass is 9.98. The fourth-order valence-electron chi connectivity index (χ4n) is 2.52. The van der Waals surface area contributed by atoms with Gasteiger partial charge in [0.15, 0.2) is 0 Å². The number of hydrogen-bond donors (Lipinski definition) is 3. The van der Waals surface area contributed by atoms with Gasteiger partial charge in [-0.3, -0.25) is 4.79 Å². The van der Waals surface area contributed by atoms with Crippen LogP contribution in [0.2, 0.25) is 0 Å². The van der Waals surface area contributed by atoms with Crippen molar-refractivity contribution < 1.29 is 19.8 Å². The third-order valence-corrected chi connectivity index (χ3v) is 3.74. The first-order chi connectivity index (χ1) is 9.34. The molecule has 2 amide bonds. The Hall–Kier alpha value is -1.30. The number of likely N-dealkylation sites (tertiary alicyclic amines) is 1. The quantitative estimate of drug-likeness (QED) is 0.715. The van der Waals surface area contributed by atoms with Crippen molar-refractivity contribution in [2.45, 2.75) is 64.0 Å². The first-order valence-electron chi connectivity index (χ1n) is 7.33. The molecule has 6 heteroatoms. The van der Waals surface area contributed by atoms with Crippen LogP contribution >= 0.6 is 0 Å². The van der Waals surface area contributed by atoms with Crippen molar-refractivity contribution in [3.63, 3.8) is 0 Å². The number of aliphatic hydroxyl groups is 1. The van der Waals surface area contributed by atoms with E-state index in [-0.39, 0.29) is 18.5 Å².